The Bertz CT molecular complexity index is 530. The minimum absolute atomic E-state index is 0.111. The van der Waals surface area contributed by atoms with Crippen LogP contribution in [0.2, 0.25) is 5.02 Å². The second-order valence-corrected chi connectivity index (χ2v) is 4.25. The minimum Gasteiger partial charge on any atom is -0.462 e. The number of nitrogens with one attached hydrogen (secondary N) is 1. The van der Waals surface area contributed by atoms with Crippen molar-refractivity contribution in [1.82, 2.24) is 0 Å². The number of ether oxygens (including phenoxy) is 1. The van der Waals surface area contributed by atoms with E-state index >= 15 is 0 Å². The summed E-state index contributed by atoms with van der Waals surface area (Å²) in [6.45, 7) is 1.90. The molecule has 0 aliphatic heterocycles. The third-order valence-electron chi connectivity index (χ3n) is 2.02. The molecule has 0 bridgehead atoms. The standard InChI is InChI=1S/C12H12Cl2N2O3/c1-2-19-11(17)10(14)6-7-5-8(16-12(15)18)3-4-9(7)13/h3-6H,2H2,1H3,(H3,15,16,18). The van der Waals surface area contributed by atoms with E-state index in [-0.39, 0.29) is 11.6 Å². The number of primary amides is 1. The summed E-state index contributed by atoms with van der Waals surface area (Å²) in [6.07, 6.45) is 1.36. The van der Waals surface area contributed by atoms with Crippen LogP contribution in [-0.4, -0.2) is 18.6 Å². The van der Waals surface area contributed by atoms with E-state index in [1.54, 1.807) is 19.1 Å². The maximum Gasteiger partial charge on any atom is 0.349 e. The molecule has 7 heteroatoms. The molecule has 0 radical (unpaired) electrons. The van der Waals surface area contributed by atoms with Gasteiger partial charge in [0, 0.05) is 10.7 Å². The highest BCUT2D eigenvalue weighted by Gasteiger charge is 2.09. The number of hydrogen-bond donors (Lipinski definition) is 2. The van der Waals surface area contributed by atoms with E-state index < -0.39 is 12.0 Å². The number of esters is 1. The van der Waals surface area contributed by atoms with Crippen molar-refractivity contribution in [1.29, 1.82) is 0 Å². The van der Waals surface area contributed by atoms with Crippen LogP contribution in [0.4, 0.5) is 10.5 Å². The normalized spacial score (nSPS) is 11.0. The molecule has 0 heterocycles. The minimum atomic E-state index is -0.700. The molecule has 1 aromatic rings. The van der Waals surface area contributed by atoms with Crippen LogP contribution in [-0.2, 0) is 9.53 Å². The fourth-order valence-electron chi connectivity index (χ4n) is 1.27. The molecular weight excluding hydrogens is 291 g/mol. The number of hydrogen-bond acceptors (Lipinski definition) is 3. The number of nitrogens with two attached hydrogens (primary N) is 1. The van der Waals surface area contributed by atoms with Gasteiger partial charge in [-0.1, -0.05) is 23.2 Å². The largest absolute Gasteiger partial charge is 0.462 e. The topological polar surface area (TPSA) is 81.4 Å². The van der Waals surface area contributed by atoms with E-state index in [0.29, 0.717) is 16.3 Å². The Balaban J connectivity index is 3.02. The summed E-state index contributed by atoms with van der Waals surface area (Å²) >= 11 is 11.7. The van der Waals surface area contributed by atoms with E-state index in [1.165, 1.54) is 12.1 Å². The molecule has 2 amide bonds. The molecule has 5 nitrogen and oxygen atoms in total. The zero-order valence-corrected chi connectivity index (χ0v) is 11.6. The first kappa shape index (κ1) is 15.3. The van der Waals surface area contributed by atoms with Gasteiger partial charge >= 0.3 is 12.0 Å². The predicted molar refractivity (Wildman–Crippen MR) is 75.1 cm³/mol. The van der Waals surface area contributed by atoms with Gasteiger partial charge in [-0.25, -0.2) is 9.59 Å². The van der Waals surface area contributed by atoms with Crippen molar-refractivity contribution in [2.24, 2.45) is 5.73 Å². The van der Waals surface area contributed by atoms with Crippen LogP contribution in [0.3, 0.4) is 0 Å². The summed E-state index contributed by atoms with van der Waals surface area (Å²) in [5.41, 5.74) is 5.91. The van der Waals surface area contributed by atoms with Crippen molar-refractivity contribution in [3.8, 4) is 0 Å². The lowest BCUT2D eigenvalue weighted by molar-refractivity contribution is -0.137. The Morgan fingerprint density at radius 3 is 2.74 bits per heavy atom. The molecule has 0 saturated heterocycles. The second kappa shape index (κ2) is 7.01. The SMILES string of the molecule is CCOC(=O)C(Cl)=Cc1cc(NC(N)=O)ccc1Cl. The van der Waals surface area contributed by atoms with Gasteiger partial charge in [-0.3, -0.25) is 0 Å². The Hall–Kier alpha value is -1.72. The first-order chi connectivity index (χ1) is 8.93. The molecule has 0 spiro atoms. The predicted octanol–water partition coefficient (Wildman–Crippen LogP) is 2.97. The Labute approximate surface area is 120 Å². The fourth-order valence-corrected chi connectivity index (χ4v) is 1.61. The summed E-state index contributed by atoms with van der Waals surface area (Å²) < 4.78 is 4.74. The highest BCUT2D eigenvalue weighted by atomic mass is 35.5. The number of anilines is 1. The summed E-state index contributed by atoms with van der Waals surface area (Å²) in [4.78, 5) is 22.1. The molecule has 0 aliphatic carbocycles. The number of carbonyl (C=O) groups excluding carboxylic acids is 2. The quantitative estimate of drug-likeness (QED) is 0.662. The van der Waals surface area contributed by atoms with Crippen LogP contribution >= 0.6 is 23.2 Å². The van der Waals surface area contributed by atoms with Crippen LogP contribution in [0.5, 0.6) is 0 Å². The van der Waals surface area contributed by atoms with E-state index in [1.807, 2.05) is 0 Å². The zero-order valence-electron chi connectivity index (χ0n) is 10.1. The third-order valence-corrected chi connectivity index (χ3v) is 2.62. The van der Waals surface area contributed by atoms with Crippen molar-refractivity contribution in [2.45, 2.75) is 6.92 Å². The number of benzene rings is 1. The first-order valence-electron chi connectivity index (χ1n) is 5.34. The molecule has 0 fully saturated rings. The van der Waals surface area contributed by atoms with Crippen LogP contribution in [0, 0.1) is 0 Å². The van der Waals surface area contributed by atoms with Gasteiger partial charge in [-0.05, 0) is 36.8 Å². The van der Waals surface area contributed by atoms with E-state index in [0.717, 1.165) is 0 Å². The van der Waals surface area contributed by atoms with Gasteiger partial charge < -0.3 is 15.8 Å². The highest BCUT2D eigenvalue weighted by molar-refractivity contribution is 6.43. The Morgan fingerprint density at radius 1 is 1.47 bits per heavy atom. The molecule has 1 aromatic carbocycles. The Morgan fingerprint density at radius 2 is 2.16 bits per heavy atom. The smallest absolute Gasteiger partial charge is 0.349 e. The van der Waals surface area contributed by atoms with Gasteiger partial charge in [-0.2, -0.15) is 0 Å². The average molecular weight is 303 g/mol. The van der Waals surface area contributed by atoms with Crippen LogP contribution in [0.15, 0.2) is 23.2 Å². The second-order valence-electron chi connectivity index (χ2n) is 3.44. The number of amides is 2. The van der Waals surface area contributed by atoms with E-state index in [9.17, 15) is 9.59 Å². The van der Waals surface area contributed by atoms with Crippen LogP contribution in [0.25, 0.3) is 6.08 Å². The molecule has 19 heavy (non-hydrogen) atoms. The number of carbonyl (C=O) groups is 2. The maximum absolute atomic E-state index is 11.4. The number of halogens is 2. The number of urea groups is 1. The summed E-state index contributed by atoms with van der Waals surface area (Å²) in [7, 11) is 0. The fraction of sp³-hybridized carbons (Fsp3) is 0.167. The molecule has 102 valence electrons. The van der Waals surface area contributed by atoms with Gasteiger partial charge in [-0.15, -0.1) is 0 Å². The molecule has 0 saturated carbocycles. The highest BCUT2D eigenvalue weighted by Crippen LogP contribution is 2.24. The van der Waals surface area contributed by atoms with E-state index in [2.05, 4.69) is 5.32 Å². The lowest BCUT2D eigenvalue weighted by Gasteiger charge is -2.05. The van der Waals surface area contributed by atoms with Crippen molar-refractivity contribution in [2.75, 3.05) is 11.9 Å². The molecule has 0 atom stereocenters. The maximum atomic E-state index is 11.4. The summed E-state index contributed by atoms with van der Waals surface area (Å²) in [5.74, 6) is -0.645. The van der Waals surface area contributed by atoms with Crippen molar-refractivity contribution >= 4 is 47.0 Å². The molecule has 0 aromatic heterocycles. The van der Waals surface area contributed by atoms with Crippen LogP contribution < -0.4 is 11.1 Å². The molecule has 3 N–H and O–H groups in total. The van der Waals surface area contributed by atoms with Gasteiger partial charge in [0.15, 0.2) is 0 Å². The average Bonchev–Trinajstić information content (AvgIpc) is 2.33. The number of rotatable bonds is 4. The summed E-state index contributed by atoms with van der Waals surface area (Å²) in [6, 6.07) is 3.96. The van der Waals surface area contributed by atoms with Gasteiger partial charge in [0.1, 0.15) is 5.03 Å². The van der Waals surface area contributed by atoms with Crippen molar-refractivity contribution in [3.05, 3.63) is 33.8 Å². The van der Waals surface area contributed by atoms with Gasteiger partial charge in [0.2, 0.25) is 0 Å². The monoisotopic (exact) mass is 302 g/mol. The lowest BCUT2D eigenvalue weighted by Crippen LogP contribution is -2.19. The Kier molecular flexibility index (Phi) is 5.66. The van der Waals surface area contributed by atoms with Gasteiger partial charge in [0.05, 0.1) is 6.61 Å². The molecule has 1 rings (SSSR count). The van der Waals surface area contributed by atoms with Crippen molar-refractivity contribution < 1.29 is 14.3 Å². The van der Waals surface area contributed by atoms with E-state index in [4.69, 9.17) is 33.7 Å². The third kappa shape index (κ3) is 4.81. The molecular formula is C12H12Cl2N2O3. The molecule has 0 unspecified atom stereocenters. The summed E-state index contributed by atoms with van der Waals surface area (Å²) in [5, 5.41) is 2.65. The van der Waals surface area contributed by atoms with Crippen LogP contribution in [0.1, 0.15) is 12.5 Å². The molecule has 0 aliphatic rings. The zero-order chi connectivity index (χ0) is 14.4. The van der Waals surface area contributed by atoms with Crippen molar-refractivity contribution in [3.63, 3.8) is 0 Å². The first-order valence-corrected chi connectivity index (χ1v) is 6.10. The van der Waals surface area contributed by atoms with Gasteiger partial charge in [0.25, 0.3) is 0 Å². The lowest BCUT2D eigenvalue weighted by atomic mass is 10.2.